The minimum atomic E-state index is -3.12. The van der Waals surface area contributed by atoms with Crippen molar-refractivity contribution in [2.45, 2.75) is 0 Å². The number of hydrogen-bond acceptors (Lipinski definition) is 7. The van der Waals surface area contributed by atoms with Gasteiger partial charge in [-0.2, -0.15) is 0 Å². The molecule has 7 nitrogen and oxygen atoms in total. The first-order valence-corrected chi connectivity index (χ1v) is 7.11. The second kappa shape index (κ2) is 4.78. The van der Waals surface area contributed by atoms with Crippen molar-refractivity contribution in [3.63, 3.8) is 0 Å². The second-order valence-electron chi connectivity index (χ2n) is 2.33. The van der Waals surface area contributed by atoms with Gasteiger partial charge < -0.3 is 30.7 Å². The van der Waals surface area contributed by atoms with E-state index in [1.165, 1.54) is 28.4 Å². The molecular formula is C5H14O7Si2. The van der Waals surface area contributed by atoms with Gasteiger partial charge in [0.05, 0.1) is 0 Å². The first-order chi connectivity index (χ1) is 6.66. The van der Waals surface area contributed by atoms with E-state index in [-0.39, 0.29) is 6.79 Å². The van der Waals surface area contributed by atoms with Crippen LogP contribution in [-0.2, 0) is 30.7 Å². The van der Waals surface area contributed by atoms with Crippen LogP contribution in [-0.4, -0.2) is 53.3 Å². The zero-order valence-electron chi connectivity index (χ0n) is 8.56. The van der Waals surface area contributed by atoms with Crippen LogP contribution in [0.2, 0.25) is 0 Å². The van der Waals surface area contributed by atoms with Crippen molar-refractivity contribution in [3.05, 3.63) is 0 Å². The Bertz CT molecular complexity index is 163. The monoisotopic (exact) mass is 242 g/mol. The summed E-state index contributed by atoms with van der Waals surface area (Å²) in [5.74, 6) is 0. The van der Waals surface area contributed by atoms with Crippen LogP contribution in [0.1, 0.15) is 0 Å². The zero-order chi connectivity index (χ0) is 10.7. The molecule has 1 fully saturated rings. The molecule has 1 heterocycles. The van der Waals surface area contributed by atoms with E-state index in [9.17, 15) is 0 Å². The Hall–Kier alpha value is 0.154. The summed E-state index contributed by atoms with van der Waals surface area (Å²) in [5.41, 5.74) is 0. The van der Waals surface area contributed by atoms with Crippen molar-refractivity contribution in [3.8, 4) is 0 Å². The van der Waals surface area contributed by atoms with Crippen molar-refractivity contribution in [2.75, 3.05) is 35.2 Å². The van der Waals surface area contributed by atoms with Crippen molar-refractivity contribution >= 4 is 18.1 Å². The summed E-state index contributed by atoms with van der Waals surface area (Å²) in [7, 11) is -0.498. The van der Waals surface area contributed by atoms with Gasteiger partial charge in [-0.25, -0.2) is 0 Å². The van der Waals surface area contributed by atoms with Gasteiger partial charge >= 0.3 is 18.1 Å². The Kier molecular flexibility index (Phi) is 4.18. The average Bonchev–Trinajstić information content (AvgIpc) is 2.29. The van der Waals surface area contributed by atoms with E-state index >= 15 is 0 Å². The van der Waals surface area contributed by atoms with Gasteiger partial charge in [-0.3, -0.25) is 0 Å². The predicted molar refractivity (Wildman–Crippen MR) is 47.7 cm³/mol. The van der Waals surface area contributed by atoms with E-state index in [2.05, 4.69) is 0 Å². The fourth-order valence-corrected chi connectivity index (χ4v) is 5.31. The van der Waals surface area contributed by atoms with E-state index in [0.29, 0.717) is 0 Å². The van der Waals surface area contributed by atoms with Gasteiger partial charge in [-0.05, 0) is 0 Å². The van der Waals surface area contributed by atoms with Crippen LogP contribution in [0.3, 0.4) is 0 Å². The van der Waals surface area contributed by atoms with E-state index in [1.54, 1.807) is 0 Å². The fourth-order valence-electron chi connectivity index (χ4n) is 0.955. The lowest BCUT2D eigenvalue weighted by Gasteiger charge is -2.36. The van der Waals surface area contributed by atoms with Crippen molar-refractivity contribution in [1.82, 2.24) is 0 Å². The third-order valence-electron chi connectivity index (χ3n) is 1.72. The molecule has 0 N–H and O–H groups in total. The summed E-state index contributed by atoms with van der Waals surface area (Å²) in [6, 6.07) is 0. The molecule has 0 radical (unpaired) electrons. The van der Waals surface area contributed by atoms with Crippen molar-refractivity contribution < 1.29 is 30.7 Å². The fraction of sp³-hybridized carbons (Fsp3) is 1.00. The third-order valence-corrected chi connectivity index (χ3v) is 6.66. The van der Waals surface area contributed by atoms with Gasteiger partial charge in [-0.15, -0.1) is 0 Å². The molecule has 0 spiro atoms. The highest BCUT2D eigenvalue weighted by atomic mass is 28.5. The van der Waals surface area contributed by atoms with Crippen LogP contribution < -0.4 is 0 Å². The minimum absolute atomic E-state index is 0.0260. The molecule has 0 atom stereocenters. The molecule has 0 amide bonds. The van der Waals surface area contributed by atoms with Gasteiger partial charge in [0.15, 0.2) is 0 Å². The maximum atomic E-state index is 5.40. The maximum absolute atomic E-state index is 5.40. The lowest BCUT2D eigenvalue weighted by atomic mass is 11.6. The number of hydrogen-bond donors (Lipinski definition) is 0. The highest BCUT2D eigenvalue weighted by molar-refractivity contribution is 6.69. The Morgan fingerprint density at radius 1 is 0.786 bits per heavy atom. The molecule has 1 aliphatic rings. The molecule has 1 rings (SSSR count). The van der Waals surface area contributed by atoms with Crippen LogP contribution in [0.25, 0.3) is 0 Å². The molecule has 0 aromatic rings. The molecule has 9 heteroatoms. The molecule has 0 saturated carbocycles. The lowest BCUT2D eigenvalue weighted by Crippen LogP contribution is -2.65. The van der Waals surface area contributed by atoms with Crippen LogP contribution in [0.5, 0.6) is 0 Å². The Morgan fingerprint density at radius 3 is 1.43 bits per heavy atom. The van der Waals surface area contributed by atoms with E-state index < -0.39 is 18.1 Å². The Balaban J connectivity index is 2.75. The van der Waals surface area contributed by atoms with Gasteiger partial charge in [0, 0.05) is 28.4 Å². The molecular weight excluding hydrogens is 228 g/mol. The van der Waals surface area contributed by atoms with Crippen LogP contribution in [0, 0.1) is 0 Å². The van der Waals surface area contributed by atoms with Gasteiger partial charge in [0.25, 0.3) is 0 Å². The summed E-state index contributed by atoms with van der Waals surface area (Å²) >= 11 is 0. The molecule has 14 heavy (non-hydrogen) atoms. The SMILES string of the molecule is CO[Si]1(OC)OCO[Si](OC)(OC)O1. The van der Waals surface area contributed by atoms with Gasteiger partial charge in [0.1, 0.15) is 6.79 Å². The second-order valence-corrected chi connectivity index (χ2v) is 7.35. The molecule has 0 bridgehead atoms. The Labute approximate surface area is 84.7 Å². The smallest absolute Gasteiger partial charge is 0.355 e. The summed E-state index contributed by atoms with van der Waals surface area (Å²) in [6.07, 6.45) is 0. The first-order valence-electron chi connectivity index (χ1n) is 3.84. The van der Waals surface area contributed by atoms with Gasteiger partial charge in [-0.1, -0.05) is 0 Å². The van der Waals surface area contributed by atoms with Crippen molar-refractivity contribution in [1.29, 1.82) is 0 Å². The topological polar surface area (TPSA) is 64.6 Å². The molecule has 1 aliphatic heterocycles. The van der Waals surface area contributed by atoms with Gasteiger partial charge in [0.2, 0.25) is 0 Å². The summed E-state index contributed by atoms with van der Waals surface area (Å²) in [4.78, 5) is 0. The summed E-state index contributed by atoms with van der Waals surface area (Å²) < 4.78 is 35.9. The first kappa shape index (κ1) is 12.2. The zero-order valence-corrected chi connectivity index (χ0v) is 10.6. The molecule has 0 aromatic heterocycles. The highest BCUT2D eigenvalue weighted by Crippen LogP contribution is 2.24. The quantitative estimate of drug-likeness (QED) is 0.614. The molecule has 0 aromatic carbocycles. The maximum Gasteiger partial charge on any atom is 0.675 e. The average molecular weight is 242 g/mol. The van der Waals surface area contributed by atoms with Crippen LogP contribution >= 0.6 is 0 Å². The Morgan fingerprint density at radius 2 is 1.14 bits per heavy atom. The minimum Gasteiger partial charge on any atom is -0.355 e. The number of rotatable bonds is 4. The standard InChI is InChI=1S/C5H14O7Si2/c1-6-13(7-2)10-5-11-14(8-3,9-4)12-13/h5H2,1-4H3. The van der Waals surface area contributed by atoms with E-state index in [1.807, 2.05) is 0 Å². The summed E-state index contributed by atoms with van der Waals surface area (Å²) in [6.45, 7) is -0.0260. The largest absolute Gasteiger partial charge is 0.675 e. The van der Waals surface area contributed by atoms with Crippen LogP contribution in [0.15, 0.2) is 0 Å². The van der Waals surface area contributed by atoms with E-state index in [4.69, 9.17) is 30.7 Å². The molecule has 0 aliphatic carbocycles. The summed E-state index contributed by atoms with van der Waals surface area (Å²) in [5, 5.41) is 0. The predicted octanol–water partition coefficient (Wildman–Crippen LogP) is -0.536. The normalized spacial score (nSPS) is 24.9. The van der Waals surface area contributed by atoms with Crippen molar-refractivity contribution in [2.24, 2.45) is 0 Å². The molecule has 0 unspecified atom stereocenters. The third kappa shape index (κ3) is 2.21. The molecule has 84 valence electrons. The van der Waals surface area contributed by atoms with E-state index in [0.717, 1.165) is 0 Å². The van der Waals surface area contributed by atoms with Crippen LogP contribution in [0.4, 0.5) is 0 Å². The highest BCUT2D eigenvalue weighted by Gasteiger charge is 2.61. The lowest BCUT2D eigenvalue weighted by molar-refractivity contribution is -0.126. The molecule has 1 saturated heterocycles.